The number of fused-ring (bicyclic) bond motifs is 1. The maximum Gasteiger partial charge on any atom is 0.319 e. The predicted octanol–water partition coefficient (Wildman–Crippen LogP) is 3.14. The van der Waals surface area contributed by atoms with Crippen molar-refractivity contribution in [2.24, 2.45) is 0 Å². The second-order valence-corrected chi connectivity index (χ2v) is 5.00. The Balaban J connectivity index is 1.65. The van der Waals surface area contributed by atoms with Crippen molar-refractivity contribution in [2.45, 2.75) is 18.9 Å². The average Bonchev–Trinajstić information content (AvgIpc) is 2.99. The van der Waals surface area contributed by atoms with Crippen LogP contribution in [0.25, 0.3) is 10.8 Å². The first-order valence-electron chi connectivity index (χ1n) is 6.97. The first-order valence-corrected chi connectivity index (χ1v) is 6.97. The first kappa shape index (κ1) is 12.9. The summed E-state index contributed by atoms with van der Waals surface area (Å²) < 4.78 is 5.48. The fourth-order valence-corrected chi connectivity index (χ4v) is 2.51. The molecule has 20 heavy (non-hydrogen) atoms. The third-order valence-electron chi connectivity index (χ3n) is 3.55. The molecule has 0 bridgehead atoms. The van der Waals surface area contributed by atoms with Crippen molar-refractivity contribution in [1.29, 1.82) is 0 Å². The van der Waals surface area contributed by atoms with Crippen LogP contribution in [-0.4, -0.2) is 25.3 Å². The van der Waals surface area contributed by atoms with Crippen molar-refractivity contribution in [2.75, 3.05) is 18.5 Å². The molecule has 0 aliphatic carbocycles. The topological polar surface area (TPSA) is 50.4 Å². The zero-order valence-electron chi connectivity index (χ0n) is 11.3. The fourth-order valence-electron chi connectivity index (χ4n) is 2.51. The van der Waals surface area contributed by atoms with Crippen molar-refractivity contribution in [3.8, 4) is 0 Å². The number of amides is 2. The molecular weight excluding hydrogens is 252 g/mol. The molecule has 4 nitrogen and oxygen atoms in total. The third kappa shape index (κ3) is 2.91. The normalized spacial score (nSPS) is 18.1. The Kier molecular flexibility index (Phi) is 3.83. The van der Waals surface area contributed by atoms with Gasteiger partial charge in [0.1, 0.15) is 0 Å². The SMILES string of the molecule is O=C(NC[C@@H]1CCCO1)Nc1cccc2ccccc12. The number of carbonyl (C=O) groups is 1. The van der Waals surface area contributed by atoms with Crippen LogP contribution >= 0.6 is 0 Å². The number of urea groups is 1. The zero-order chi connectivity index (χ0) is 13.8. The van der Waals surface area contributed by atoms with Gasteiger partial charge >= 0.3 is 6.03 Å². The van der Waals surface area contributed by atoms with Crippen molar-refractivity contribution in [1.82, 2.24) is 5.32 Å². The molecule has 0 unspecified atom stereocenters. The molecule has 3 rings (SSSR count). The smallest absolute Gasteiger partial charge is 0.319 e. The van der Waals surface area contributed by atoms with Gasteiger partial charge in [0.05, 0.1) is 11.8 Å². The lowest BCUT2D eigenvalue weighted by Crippen LogP contribution is -2.35. The largest absolute Gasteiger partial charge is 0.376 e. The summed E-state index contributed by atoms with van der Waals surface area (Å²) in [5.74, 6) is 0. The number of rotatable bonds is 3. The van der Waals surface area contributed by atoms with E-state index < -0.39 is 0 Å². The number of anilines is 1. The van der Waals surface area contributed by atoms with Gasteiger partial charge in [-0.15, -0.1) is 0 Å². The van der Waals surface area contributed by atoms with E-state index in [9.17, 15) is 4.79 Å². The van der Waals surface area contributed by atoms with Gasteiger partial charge in [0.15, 0.2) is 0 Å². The van der Waals surface area contributed by atoms with Gasteiger partial charge < -0.3 is 15.4 Å². The van der Waals surface area contributed by atoms with Crippen molar-refractivity contribution >= 4 is 22.5 Å². The van der Waals surface area contributed by atoms with Crippen LogP contribution in [0.15, 0.2) is 42.5 Å². The Bertz CT molecular complexity index is 601. The van der Waals surface area contributed by atoms with Crippen LogP contribution in [0.2, 0.25) is 0 Å². The number of ether oxygens (including phenoxy) is 1. The summed E-state index contributed by atoms with van der Waals surface area (Å²) in [6, 6.07) is 13.7. The molecule has 1 atom stereocenters. The Morgan fingerprint density at radius 2 is 2.05 bits per heavy atom. The van der Waals surface area contributed by atoms with Crippen LogP contribution in [0.3, 0.4) is 0 Å². The molecule has 0 spiro atoms. The van der Waals surface area contributed by atoms with Crippen molar-refractivity contribution < 1.29 is 9.53 Å². The highest BCUT2D eigenvalue weighted by Crippen LogP contribution is 2.22. The molecule has 1 fully saturated rings. The summed E-state index contributed by atoms with van der Waals surface area (Å²) in [7, 11) is 0. The Hall–Kier alpha value is -2.07. The first-order chi connectivity index (χ1) is 9.83. The van der Waals surface area contributed by atoms with E-state index in [2.05, 4.69) is 10.6 Å². The Morgan fingerprint density at radius 1 is 1.20 bits per heavy atom. The van der Waals surface area contributed by atoms with Crippen molar-refractivity contribution in [3.63, 3.8) is 0 Å². The van der Waals surface area contributed by atoms with Crippen LogP contribution in [0.4, 0.5) is 10.5 Å². The van der Waals surface area contributed by atoms with Gasteiger partial charge in [0.25, 0.3) is 0 Å². The fraction of sp³-hybridized carbons (Fsp3) is 0.312. The van der Waals surface area contributed by atoms with Gasteiger partial charge in [-0.2, -0.15) is 0 Å². The van der Waals surface area contributed by atoms with Gasteiger partial charge in [-0.3, -0.25) is 0 Å². The van der Waals surface area contributed by atoms with Crippen LogP contribution in [0.5, 0.6) is 0 Å². The number of hydrogen-bond acceptors (Lipinski definition) is 2. The standard InChI is InChI=1S/C16H18N2O2/c19-16(17-11-13-7-4-10-20-13)18-15-9-3-6-12-5-1-2-8-14(12)15/h1-3,5-6,8-9,13H,4,7,10-11H2,(H2,17,18,19)/t13-/m0/s1. The molecule has 2 aromatic carbocycles. The van der Waals surface area contributed by atoms with E-state index in [0.29, 0.717) is 6.54 Å². The summed E-state index contributed by atoms with van der Waals surface area (Å²) >= 11 is 0. The van der Waals surface area contributed by atoms with E-state index >= 15 is 0 Å². The highest BCUT2D eigenvalue weighted by atomic mass is 16.5. The molecule has 1 saturated heterocycles. The van der Waals surface area contributed by atoms with E-state index in [0.717, 1.165) is 35.9 Å². The summed E-state index contributed by atoms with van der Waals surface area (Å²) in [6.07, 6.45) is 2.26. The minimum Gasteiger partial charge on any atom is -0.376 e. The lowest BCUT2D eigenvalue weighted by atomic mass is 10.1. The van der Waals surface area contributed by atoms with E-state index in [1.54, 1.807) is 0 Å². The van der Waals surface area contributed by atoms with Gasteiger partial charge in [-0.05, 0) is 24.3 Å². The molecule has 1 aliphatic heterocycles. The third-order valence-corrected chi connectivity index (χ3v) is 3.55. The van der Waals surface area contributed by atoms with E-state index in [1.807, 2.05) is 42.5 Å². The van der Waals surface area contributed by atoms with Gasteiger partial charge in [-0.25, -0.2) is 4.79 Å². The second kappa shape index (κ2) is 5.92. The van der Waals surface area contributed by atoms with Gasteiger partial charge in [0.2, 0.25) is 0 Å². The lowest BCUT2D eigenvalue weighted by molar-refractivity contribution is 0.112. The lowest BCUT2D eigenvalue weighted by Gasteiger charge is -2.13. The van der Waals surface area contributed by atoms with Gasteiger partial charge in [-0.1, -0.05) is 36.4 Å². The number of carbonyl (C=O) groups excluding carboxylic acids is 1. The Labute approximate surface area is 118 Å². The second-order valence-electron chi connectivity index (χ2n) is 5.00. The van der Waals surface area contributed by atoms with E-state index in [4.69, 9.17) is 4.74 Å². The zero-order valence-corrected chi connectivity index (χ0v) is 11.3. The van der Waals surface area contributed by atoms with Gasteiger partial charge in [0, 0.05) is 18.5 Å². The van der Waals surface area contributed by atoms with Crippen LogP contribution in [0.1, 0.15) is 12.8 Å². The maximum absolute atomic E-state index is 11.9. The molecular formula is C16H18N2O2. The molecule has 2 N–H and O–H groups in total. The van der Waals surface area contributed by atoms with Crippen LogP contribution in [0, 0.1) is 0 Å². The quantitative estimate of drug-likeness (QED) is 0.900. The van der Waals surface area contributed by atoms with E-state index in [1.165, 1.54) is 0 Å². The highest BCUT2D eigenvalue weighted by Gasteiger charge is 2.16. The summed E-state index contributed by atoms with van der Waals surface area (Å²) in [5.41, 5.74) is 0.827. The molecule has 2 aromatic rings. The predicted molar refractivity (Wildman–Crippen MR) is 79.9 cm³/mol. The summed E-state index contributed by atoms with van der Waals surface area (Å²) in [4.78, 5) is 11.9. The number of hydrogen-bond donors (Lipinski definition) is 2. The number of benzene rings is 2. The molecule has 0 radical (unpaired) electrons. The molecule has 2 amide bonds. The monoisotopic (exact) mass is 270 g/mol. The van der Waals surface area contributed by atoms with Crippen LogP contribution in [-0.2, 0) is 4.74 Å². The summed E-state index contributed by atoms with van der Waals surface area (Å²) in [5, 5.41) is 7.92. The molecule has 4 heteroatoms. The minimum atomic E-state index is -0.183. The average molecular weight is 270 g/mol. The maximum atomic E-state index is 11.9. The molecule has 104 valence electrons. The molecule has 1 aliphatic rings. The minimum absolute atomic E-state index is 0.160. The highest BCUT2D eigenvalue weighted by molar-refractivity contribution is 6.01. The summed E-state index contributed by atoms with van der Waals surface area (Å²) in [6.45, 7) is 1.37. The Morgan fingerprint density at radius 3 is 2.90 bits per heavy atom. The number of nitrogens with one attached hydrogen (secondary N) is 2. The van der Waals surface area contributed by atoms with Crippen LogP contribution < -0.4 is 10.6 Å². The molecule has 1 heterocycles. The van der Waals surface area contributed by atoms with Crippen molar-refractivity contribution in [3.05, 3.63) is 42.5 Å². The molecule has 0 saturated carbocycles. The van der Waals surface area contributed by atoms with E-state index in [-0.39, 0.29) is 12.1 Å². The molecule has 0 aromatic heterocycles.